The monoisotopic (exact) mass is 344 g/mol. The van der Waals surface area contributed by atoms with Crippen LogP contribution in [0.4, 0.5) is 11.4 Å². The van der Waals surface area contributed by atoms with Crippen LogP contribution in [0.5, 0.6) is 0 Å². The van der Waals surface area contributed by atoms with Gasteiger partial charge in [0.2, 0.25) is 11.8 Å². The fraction of sp³-hybridized carbons (Fsp3) is 0.412. The van der Waals surface area contributed by atoms with E-state index in [9.17, 15) is 24.8 Å². The van der Waals surface area contributed by atoms with E-state index in [-0.39, 0.29) is 11.4 Å². The minimum Gasteiger partial charge on any atom is -0.393 e. The third kappa shape index (κ3) is 1.89. The lowest BCUT2D eigenvalue weighted by molar-refractivity contribution is -0.384. The average Bonchev–Trinajstić information content (AvgIpc) is 3.21. The van der Waals surface area contributed by atoms with Crippen molar-refractivity contribution in [2.24, 2.45) is 11.8 Å². The molecule has 2 fully saturated rings. The summed E-state index contributed by atoms with van der Waals surface area (Å²) in [5, 5.41) is 21.1. The van der Waals surface area contributed by atoms with E-state index in [2.05, 4.69) is 0 Å². The molecule has 0 spiro atoms. The highest BCUT2D eigenvalue weighted by Gasteiger charge is 2.68. The first-order chi connectivity index (χ1) is 11.8. The predicted molar refractivity (Wildman–Crippen MR) is 85.9 cm³/mol. The molecule has 0 aromatic heterocycles. The molecule has 1 aromatic rings. The number of amides is 2. The Morgan fingerprint density at radius 1 is 1.28 bits per heavy atom. The highest BCUT2D eigenvalue weighted by atomic mass is 16.6. The molecule has 0 aliphatic carbocycles. The summed E-state index contributed by atoms with van der Waals surface area (Å²) in [4.78, 5) is 37.6. The second kappa shape index (κ2) is 4.96. The zero-order valence-corrected chi connectivity index (χ0v) is 13.6. The number of nitro benzene ring substituents is 1. The van der Waals surface area contributed by atoms with Gasteiger partial charge >= 0.3 is 0 Å². The van der Waals surface area contributed by atoms with Gasteiger partial charge in [-0.3, -0.25) is 19.7 Å². The van der Waals surface area contributed by atoms with Gasteiger partial charge in [0.1, 0.15) is 11.3 Å². The number of carbonyl (C=O) groups is 2. The zero-order valence-electron chi connectivity index (χ0n) is 13.6. The number of hydrogen-bond acceptors (Lipinski definition) is 6. The molecule has 3 aliphatic heterocycles. The third-order valence-electron chi connectivity index (χ3n) is 5.43. The van der Waals surface area contributed by atoms with Crippen LogP contribution in [0.15, 0.2) is 24.3 Å². The summed E-state index contributed by atoms with van der Waals surface area (Å²) in [5.74, 6) is -2.71. The molecule has 4 rings (SSSR count). The fourth-order valence-electron chi connectivity index (χ4n) is 4.03. The van der Waals surface area contributed by atoms with E-state index >= 15 is 0 Å². The molecule has 0 unspecified atom stereocenters. The lowest BCUT2D eigenvalue weighted by atomic mass is 9.77. The molecule has 0 saturated carbocycles. The molecular formula is C17H16N2O6. The fourth-order valence-corrected chi connectivity index (χ4v) is 4.03. The van der Waals surface area contributed by atoms with Crippen molar-refractivity contribution in [2.75, 3.05) is 11.5 Å². The van der Waals surface area contributed by atoms with E-state index in [0.717, 1.165) is 10.5 Å². The Labute approximate surface area is 142 Å². The number of fused-ring (bicyclic) bond motifs is 5. The largest absolute Gasteiger partial charge is 0.393 e. The maximum Gasteiger partial charge on any atom is 0.293 e. The maximum absolute atomic E-state index is 13.0. The molecule has 3 aliphatic rings. The highest BCUT2D eigenvalue weighted by Crippen LogP contribution is 2.53. The number of rotatable bonds is 3. The van der Waals surface area contributed by atoms with Gasteiger partial charge in [-0.15, -0.1) is 0 Å². The summed E-state index contributed by atoms with van der Waals surface area (Å²) in [5.41, 5.74) is -0.0844. The first-order valence-corrected chi connectivity index (χ1v) is 7.92. The van der Waals surface area contributed by atoms with E-state index in [1.807, 2.05) is 0 Å². The van der Waals surface area contributed by atoms with E-state index in [1.54, 1.807) is 26.0 Å². The number of imide groups is 1. The number of ether oxygens (including phenoxy) is 1. The highest BCUT2D eigenvalue weighted by molar-refractivity contribution is 6.24. The van der Waals surface area contributed by atoms with Gasteiger partial charge in [0.05, 0.1) is 29.5 Å². The summed E-state index contributed by atoms with van der Waals surface area (Å²) < 4.78 is 5.66. The number of aryl methyl sites for hydroxylation is 2. The molecule has 8 heteroatoms. The minimum atomic E-state index is -1.22. The van der Waals surface area contributed by atoms with Gasteiger partial charge in [0.15, 0.2) is 0 Å². The first kappa shape index (κ1) is 15.9. The Hall–Kier alpha value is -2.58. The summed E-state index contributed by atoms with van der Waals surface area (Å²) in [6, 6.07) is 2.86. The quantitative estimate of drug-likeness (QED) is 0.379. The number of aliphatic hydroxyl groups excluding tert-OH is 1. The first-order valence-electron chi connectivity index (χ1n) is 7.92. The molecule has 0 radical (unpaired) electrons. The van der Waals surface area contributed by atoms with Gasteiger partial charge < -0.3 is 9.84 Å². The average molecular weight is 344 g/mol. The second-order valence-electron chi connectivity index (χ2n) is 6.75. The van der Waals surface area contributed by atoms with E-state index in [0.29, 0.717) is 5.56 Å². The van der Waals surface area contributed by atoms with Crippen molar-refractivity contribution in [3.63, 3.8) is 0 Å². The lowest BCUT2D eigenvalue weighted by Gasteiger charge is -2.26. The predicted octanol–water partition coefficient (Wildman–Crippen LogP) is 1.02. The molecular weight excluding hydrogens is 328 g/mol. The molecule has 2 saturated heterocycles. The summed E-state index contributed by atoms with van der Waals surface area (Å²) in [7, 11) is 0. The van der Waals surface area contributed by atoms with Crippen LogP contribution in [0.1, 0.15) is 11.1 Å². The molecule has 1 aromatic carbocycles. The van der Waals surface area contributed by atoms with Crippen molar-refractivity contribution < 1.29 is 24.4 Å². The van der Waals surface area contributed by atoms with Crippen LogP contribution < -0.4 is 4.90 Å². The molecule has 130 valence electrons. The summed E-state index contributed by atoms with van der Waals surface area (Å²) in [6.07, 6.45) is 2.69. The standard InChI is InChI=1S/C17H16N2O6/c1-8-5-10(11(19(23)24)6-9(8)2)18-15(21)13-12-3-4-17(7-20,25-12)14(13)16(18)22/h3-6,12-14,20H,7H2,1-2H3/t12-,13+,14-,17+/m1/s1. The van der Waals surface area contributed by atoms with E-state index in [4.69, 9.17) is 4.74 Å². The Morgan fingerprint density at radius 3 is 2.60 bits per heavy atom. The Morgan fingerprint density at radius 2 is 1.96 bits per heavy atom. The lowest BCUT2D eigenvalue weighted by Crippen LogP contribution is -2.43. The van der Waals surface area contributed by atoms with Crippen LogP contribution in [-0.4, -0.2) is 40.2 Å². The normalized spacial score (nSPS) is 32.6. The Kier molecular flexibility index (Phi) is 3.16. The number of nitrogens with zero attached hydrogens (tertiary/aromatic N) is 2. The van der Waals surface area contributed by atoms with Gasteiger partial charge in [-0.2, -0.15) is 0 Å². The smallest absolute Gasteiger partial charge is 0.293 e. The maximum atomic E-state index is 13.0. The second-order valence-corrected chi connectivity index (χ2v) is 6.75. The van der Waals surface area contributed by atoms with Gasteiger partial charge in [-0.25, -0.2) is 4.90 Å². The Bertz CT molecular complexity index is 863. The van der Waals surface area contributed by atoms with Gasteiger partial charge in [0, 0.05) is 6.07 Å². The molecule has 4 atom stereocenters. The van der Waals surface area contributed by atoms with Crippen molar-refractivity contribution in [1.29, 1.82) is 0 Å². The van der Waals surface area contributed by atoms with Gasteiger partial charge in [0.25, 0.3) is 5.69 Å². The van der Waals surface area contributed by atoms with Crippen molar-refractivity contribution in [3.8, 4) is 0 Å². The van der Waals surface area contributed by atoms with Crippen molar-refractivity contribution in [1.82, 2.24) is 0 Å². The molecule has 8 nitrogen and oxygen atoms in total. The van der Waals surface area contributed by atoms with Gasteiger partial charge in [-0.05, 0) is 31.0 Å². The number of carbonyl (C=O) groups excluding carboxylic acids is 2. The SMILES string of the molecule is Cc1cc(N2C(=O)[C@H]3[C@H]4C=C[C@@](CO)(O4)[C@H]3C2=O)c([N+](=O)[O-])cc1C. The molecule has 1 N–H and O–H groups in total. The number of hydrogen-bond donors (Lipinski definition) is 1. The van der Waals surface area contributed by atoms with Crippen LogP contribution >= 0.6 is 0 Å². The van der Waals surface area contributed by atoms with Crippen molar-refractivity contribution in [3.05, 3.63) is 45.5 Å². The molecule has 3 heterocycles. The number of nitro groups is 1. The van der Waals surface area contributed by atoms with Crippen LogP contribution in [0.25, 0.3) is 0 Å². The van der Waals surface area contributed by atoms with E-state index < -0.39 is 46.9 Å². The number of aliphatic hydroxyl groups is 1. The topological polar surface area (TPSA) is 110 Å². The van der Waals surface area contributed by atoms with Crippen LogP contribution in [0.3, 0.4) is 0 Å². The molecule has 2 bridgehead atoms. The number of benzene rings is 1. The Balaban J connectivity index is 1.85. The summed E-state index contributed by atoms with van der Waals surface area (Å²) in [6.45, 7) is 3.06. The van der Waals surface area contributed by atoms with Crippen molar-refractivity contribution in [2.45, 2.75) is 25.6 Å². The van der Waals surface area contributed by atoms with Crippen LogP contribution in [-0.2, 0) is 14.3 Å². The van der Waals surface area contributed by atoms with Gasteiger partial charge in [-0.1, -0.05) is 12.2 Å². The van der Waals surface area contributed by atoms with Crippen molar-refractivity contribution >= 4 is 23.2 Å². The number of anilines is 1. The third-order valence-corrected chi connectivity index (χ3v) is 5.43. The van der Waals surface area contributed by atoms with Crippen LogP contribution in [0.2, 0.25) is 0 Å². The minimum absolute atomic E-state index is 0.0232. The van der Waals surface area contributed by atoms with Crippen LogP contribution in [0, 0.1) is 35.8 Å². The molecule has 2 amide bonds. The summed E-state index contributed by atoms with van der Waals surface area (Å²) >= 11 is 0. The van der Waals surface area contributed by atoms with E-state index in [1.165, 1.54) is 12.1 Å². The zero-order chi connectivity index (χ0) is 18.1. The molecule has 25 heavy (non-hydrogen) atoms.